The van der Waals surface area contributed by atoms with Crippen molar-refractivity contribution in [3.63, 3.8) is 0 Å². The maximum Gasteiger partial charge on any atom is 0.123 e. The van der Waals surface area contributed by atoms with Gasteiger partial charge in [0.2, 0.25) is 0 Å². The van der Waals surface area contributed by atoms with Gasteiger partial charge < -0.3 is 19.5 Å². The lowest BCUT2D eigenvalue weighted by atomic mass is 9.99. The smallest absolute Gasteiger partial charge is 0.123 e. The summed E-state index contributed by atoms with van der Waals surface area (Å²) in [6.45, 7) is 4.08. The van der Waals surface area contributed by atoms with E-state index in [1.807, 2.05) is 0 Å². The van der Waals surface area contributed by atoms with E-state index in [-0.39, 0.29) is 12.5 Å². The molecule has 0 aromatic carbocycles. The monoisotopic (exact) mass is 201 g/mol. The van der Waals surface area contributed by atoms with Crippen molar-refractivity contribution in [2.75, 3.05) is 39.5 Å². The van der Waals surface area contributed by atoms with E-state index in [1.54, 1.807) is 0 Å². The minimum absolute atomic E-state index is 0.0905. The standard InChI is InChI=1S/C10H19NO3/c12-6-8-14-7-5-11-3-1-10(9-13)2-4-11/h9-10,12H,1-8H2. The quantitative estimate of drug-likeness (QED) is 0.482. The van der Waals surface area contributed by atoms with Crippen LogP contribution < -0.4 is 0 Å². The van der Waals surface area contributed by atoms with Crippen LogP contribution in [0, 0.1) is 5.92 Å². The van der Waals surface area contributed by atoms with Crippen LogP contribution in [0.2, 0.25) is 0 Å². The van der Waals surface area contributed by atoms with Gasteiger partial charge in [-0.2, -0.15) is 0 Å². The first-order valence-corrected chi connectivity index (χ1v) is 5.23. The minimum Gasteiger partial charge on any atom is -0.394 e. The molecule has 1 saturated heterocycles. The molecule has 4 heteroatoms. The Labute approximate surface area is 84.8 Å². The number of likely N-dealkylation sites (tertiary alicyclic amines) is 1. The molecule has 0 aromatic rings. The zero-order chi connectivity index (χ0) is 10.2. The molecule has 0 amide bonds. The van der Waals surface area contributed by atoms with Gasteiger partial charge in [-0.1, -0.05) is 0 Å². The van der Waals surface area contributed by atoms with Gasteiger partial charge >= 0.3 is 0 Å². The van der Waals surface area contributed by atoms with E-state index >= 15 is 0 Å². The van der Waals surface area contributed by atoms with Crippen LogP contribution in [0.1, 0.15) is 12.8 Å². The number of aliphatic hydroxyl groups excluding tert-OH is 1. The van der Waals surface area contributed by atoms with E-state index in [9.17, 15) is 4.79 Å². The van der Waals surface area contributed by atoms with Crippen LogP contribution in [0.5, 0.6) is 0 Å². The van der Waals surface area contributed by atoms with Gasteiger partial charge in [-0.25, -0.2) is 0 Å². The summed E-state index contributed by atoms with van der Waals surface area (Å²) in [4.78, 5) is 12.8. The van der Waals surface area contributed by atoms with Gasteiger partial charge in [0.1, 0.15) is 6.29 Å². The number of hydrogen-bond acceptors (Lipinski definition) is 4. The zero-order valence-corrected chi connectivity index (χ0v) is 8.52. The maximum atomic E-state index is 10.5. The van der Waals surface area contributed by atoms with Crippen LogP contribution in [0.3, 0.4) is 0 Å². The van der Waals surface area contributed by atoms with Gasteiger partial charge in [0.15, 0.2) is 0 Å². The Morgan fingerprint density at radius 3 is 2.64 bits per heavy atom. The van der Waals surface area contributed by atoms with Crippen LogP contribution in [0.25, 0.3) is 0 Å². The lowest BCUT2D eigenvalue weighted by Crippen LogP contribution is -2.36. The summed E-state index contributed by atoms with van der Waals surface area (Å²) in [7, 11) is 0. The number of carbonyl (C=O) groups excluding carboxylic acids is 1. The molecule has 0 radical (unpaired) electrons. The van der Waals surface area contributed by atoms with E-state index < -0.39 is 0 Å². The van der Waals surface area contributed by atoms with E-state index in [0.29, 0.717) is 13.2 Å². The van der Waals surface area contributed by atoms with Crippen molar-refractivity contribution >= 4 is 6.29 Å². The molecule has 0 spiro atoms. The number of hydrogen-bond donors (Lipinski definition) is 1. The van der Waals surface area contributed by atoms with Crippen molar-refractivity contribution in [3.8, 4) is 0 Å². The molecule has 14 heavy (non-hydrogen) atoms. The van der Waals surface area contributed by atoms with Crippen LogP contribution >= 0.6 is 0 Å². The Hall–Kier alpha value is -0.450. The highest BCUT2D eigenvalue weighted by molar-refractivity contribution is 5.53. The summed E-state index contributed by atoms with van der Waals surface area (Å²) in [5.41, 5.74) is 0. The Morgan fingerprint density at radius 2 is 2.07 bits per heavy atom. The van der Waals surface area contributed by atoms with Gasteiger partial charge in [0.25, 0.3) is 0 Å². The lowest BCUT2D eigenvalue weighted by Gasteiger charge is -2.29. The molecule has 0 unspecified atom stereocenters. The Bertz CT molecular complexity index is 155. The van der Waals surface area contributed by atoms with Crippen LogP contribution in [0.15, 0.2) is 0 Å². The zero-order valence-electron chi connectivity index (χ0n) is 8.52. The first-order chi connectivity index (χ1) is 6.86. The van der Waals surface area contributed by atoms with Gasteiger partial charge in [0.05, 0.1) is 19.8 Å². The largest absolute Gasteiger partial charge is 0.394 e. The molecule has 0 saturated carbocycles. The van der Waals surface area contributed by atoms with Crippen molar-refractivity contribution in [2.45, 2.75) is 12.8 Å². The molecule has 1 heterocycles. The number of aldehydes is 1. The fourth-order valence-corrected chi connectivity index (χ4v) is 1.67. The molecule has 1 aliphatic rings. The first kappa shape index (κ1) is 11.6. The molecule has 0 bridgehead atoms. The van der Waals surface area contributed by atoms with Crippen molar-refractivity contribution in [1.82, 2.24) is 4.90 Å². The highest BCUT2D eigenvalue weighted by Crippen LogP contribution is 2.14. The highest BCUT2D eigenvalue weighted by atomic mass is 16.5. The molecule has 0 aromatic heterocycles. The van der Waals surface area contributed by atoms with Crippen LogP contribution in [0.4, 0.5) is 0 Å². The summed E-state index contributed by atoms with van der Waals surface area (Å²) in [6.07, 6.45) is 3.02. The molecular weight excluding hydrogens is 182 g/mol. The third-order valence-electron chi connectivity index (χ3n) is 2.61. The summed E-state index contributed by atoms with van der Waals surface area (Å²) in [5, 5.41) is 8.49. The number of nitrogens with zero attached hydrogens (tertiary/aromatic N) is 1. The van der Waals surface area contributed by atoms with E-state index in [4.69, 9.17) is 9.84 Å². The number of carbonyl (C=O) groups is 1. The molecule has 4 nitrogen and oxygen atoms in total. The molecule has 1 N–H and O–H groups in total. The van der Waals surface area contributed by atoms with Crippen molar-refractivity contribution in [2.24, 2.45) is 5.92 Å². The molecule has 0 aliphatic carbocycles. The van der Waals surface area contributed by atoms with Gasteiger partial charge in [-0.3, -0.25) is 0 Å². The topological polar surface area (TPSA) is 49.8 Å². The second-order valence-electron chi connectivity index (χ2n) is 3.65. The second kappa shape index (κ2) is 6.92. The number of aliphatic hydroxyl groups is 1. The van der Waals surface area contributed by atoms with Crippen molar-refractivity contribution < 1.29 is 14.6 Å². The maximum absolute atomic E-state index is 10.5. The summed E-state index contributed by atoms with van der Waals surface area (Å²) >= 11 is 0. The number of rotatable bonds is 6. The molecule has 1 rings (SSSR count). The molecular formula is C10H19NO3. The Kier molecular flexibility index (Phi) is 5.75. The molecule has 0 atom stereocenters. The second-order valence-corrected chi connectivity index (χ2v) is 3.65. The SMILES string of the molecule is O=CC1CCN(CCOCCO)CC1. The summed E-state index contributed by atoms with van der Waals surface area (Å²) in [6, 6.07) is 0. The highest BCUT2D eigenvalue weighted by Gasteiger charge is 2.17. The Morgan fingerprint density at radius 1 is 1.36 bits per heavy atom. The third-order valence-corrected chi connectivity index (χ3v) is 2.61. The van der Waals surface area contributed by atoms with E-state index in [0.717, 1.165) is 38.8 Å². The summed E-state index contributed by atoms with van der Waals surface area (Å²) < 4.78 is 5.18. The van der Waals surface area contributed by atoms with E-state index in [1.165, 1.54) is 0 Å². The Balaban J connectivity index is 2.01. The third kappa shape index (κ3) is 4.17. The average Bonchev–Trinajstić information content (AvgIpc) is 2.25. The van der Waals surface area contributed by atoms with Crippen molar-refractivity contribution in [3.05, 3.63) is 0 Å². The van der Waals surface area contributed by atoms with E-state index in [2.05, 4.69) is 4.90 Å². The molecule has 1 fully saturated rings. The number of ether oxygens (including phenoxy) is 1. The van der Waals surface area contributed by atoms with Gasteiger partial charge in [0, 0.05) is 12.5 Å². The fraction of sp³-hybridized carbons (Fsp3) is 0.900. The predicted octanol–water partition coefficient (Wildman–Crippen LogP) is -0.0938. The first-order valence-electron chi connectivity index (χ1n) is 5.23. The molecule has 82 valence electrons. The molecule has 1 aliphatic heterocycles. The van der Waals surface area contributed by atoms with Crippen molar-refractivity contribution in [1.29, 1.82) is 0 Å². The number of piperidine rings is 1. The fourth-order valence-electron chi connectivity index (χ4n) is 1.67. The lowest BCUT2D eigenvalue weighted by molar-refractivity contribution is -0.112. The van der Waals surface area contributed by atoms with Gasteiger partial charge in [-0.05, 0) is 25.9 Å². The predicted molar refractivity (Wildman–Crippen MR) is 53.1 cm³/mol. The normalized spacial score (nSPS) is 19.8. The van der Waals surface area contributed by atoms with Crippen LogP contribution in [-0.2, 0) is 9.53 Å². The minimum atomic E-state index is 0.0905. The summed E-state index contributed by atoms with van der Waals surface area (Å²) in [5.74, 6) is 0.268. The van der Waals surface area contributed by atoms with Crippen LogP contribution in [-0.4, -0.2) is 55.7 Å². The average molecular weight is 201 g/mol. The van der Waals surface area contributed by atoms with Gasteiger partial charge in [-0.15, -0.1) is 0 Å².